The molecule has 25 heavy (non-hydrogen) atoms. The van der Waals surface area contributed by atoms with Gasteiger partial charge in [0.1, 0.15) is 11.5 Å². The Morgan fingerprint density at radius 2 is 1.76 bits per heavy atom. The summed E-state index contributed by atoms with van der Waals surface area (Å²) in [6.45, 7) is 2.36. The average molecular weight is 348 g/mol. The first-order valence-corrected chi connectivity index (χ1v) is 8.16. The minimum Gasteiger partial charge on any atom is -0.508 e. The van der Waals surface area contributed by atoms with Gasteiger partial charge in [0.15, 0.2) is 11.5 Å². The van der Waals surface area contributed by atoms with Crippen molar-refractivity contribution in [2.75, 3.05) is 26.9 Å². The van der Waals surface area contributed by atoms with Crippen LogP contribution in [0.25, 0.3) is 11.1 Å². The number of phenols is 3. The van der Waals surface area contributed by atoms with Crippen molar-refractivity contribution in [3.05, 3.63) is 35.4 Å². The van der Waals surface area contributed by atoms with Gasteiger partial charge in [-0.3, -0.25) is 0 Å². The Bertz CT molecular complexity index is 726. The first kappa shape index (κ1) is 18.9. The van der Waals surface area contributed by atoms with E-state index in [0.29, 0.717) is 47.5 Å². The molecule has 0 fully saturated rings. The predicted octanol–water partition coefficient (Wildman–Crippen LogP) is 2.59. The topological polar surface area (TPSA) is 99.4 Å². The smallest absolute Gasteiger partial charge is 0.165 e. The van der Waals surface area contributed by atoms with Crippen LogP contribution in [0.5, 0.6) is 23.0 Å². The van der Waals surface area contributed by atoms with Crippen LogP contribution in [-0.2, 0) is 17.6 Å². The zero-order valence-electron chi connectivity index (χ0n) is 14.5. The fourth-order valence-electron chi connectivity index (χ4n) is 2.95. The monoisotopic (exact) mass is 348 g/mol. The van der Waals surface area contributed by atoms with Crippen molar-refractivity contribution in [3.8, 4) is 34.1 Å². The normalized spacial score (nSPS) is 10.8. The van der Waals surface area contributed by atoms with Crippen LogP contribution in [0.4, 0.5) is 0 Å². The lowest BCUT2D eigenvalue weighted by Gasteiger charge is -2.19. The number of methoxy groups -OCH3 is 1. The second-order valence-electron chi connectivity index (χ2n) is 5.54. The average Bonchev–Trinajstić information content (AvgIpc) is 2.59. The molecule has 2 aromatic carbocycles. The van der Waals surface area contributed by atoms with Gasteiger partial charge in [-0.15, -0.1) is 0 Å². The minimum absolute atomic E-state index is 0.00305. The molecule has 0 bridgehead atoms. The van der Waals surface area contributed by atoms with Crippen molar-refractivity contribution in [3.63, 3.8) is 0 Å². The minimum atomic E-state index is -0.129. The molecule has 0 spiro atoms. The summed E-state index contributed by atoms with van der Waals surface area (Å²) >= 11 is 0. The highest BCUT2D eigenvalue weighted by Gasteiger charge is 2.21. The van der Waals surface area contributed by atoms with Gasteiger partial charge in [0.2, 0.25) is 0 Å². The molecule has 136 valence electrons. The summed E-state index contributed by atoms with van der Waals surface area (Å²) in [5.74, 6) is 0.0924. The van der Waals surface area contributed by atoms with Crippen LogP contribution in [0.3, 0.4) is 0 Å². The maximum absolute atomic E-state index is 10.5. The van der Waals surface area contributed by atoms with E-state index in [4.69, 9.17) is 14.6 Å². The molecule has 0 amide bonds. The van der Waals surface area contributed by atoms with Crippen molar-refractivity contribution in [1.82, 2.24) is 0 Å². The summed E-state index contributed by atoms with van der Waals surface area (Å²) in [4.78, 5) is 0. The van der Waals surface area contributed by atoms with Crippen LogP contribution >= 0.6 is 0 Å². The van der Waals surface area contributed by atoms with Gasteiger partial charge in [0, 0.05) is 17.2 Å². The summed E-state index contributed by atoms with van der Waals surface area (Å²) in [5, 5.41) is 39.9. The van der Waals surface area contributed by atoms with E-state index < -0.39 is 0 Å². The molecule has 0 aliphatic rings. The summed E-state index contributed by atoms with van der Waals surface area (Å²) in [6.07, 6.45) is 0.969. The van der Waals surface area contributed by atoms with Crippen LogP contribution in [0, 0.1) is 0 Å². The van der Waals surface area contributed by atoms with Crippen LogP contribution in [0.1, 0.15) is 18.1 Å². The van der Waals surface area contributed by atoms with E-state index in [-0.39, 0.29) is 30.5 Å². The lowest BCUT2D eigenvalue weighted by molar-refractivity contribution is 0.0943. The lowest BCUT2D eigenvalue weighted by atomic mass is 9.90. The van der Waals surface area contributed by atoms with Crippen LogP contribution in [0.2, 0.25) is 0 Å². The van der Waals surface area contributed by atoms with Crippen molar-refractivity contribution >= 4 is 0 Å². The number of aromatic hydroxyl groups is 3. The van der Waals surface area contributed by atoms with E-state index in [0.717, 1.165) is 0 Å². The first-order chi connectivity index (χ1) is 12.0. The molecule has 0 heterocycles. The third kappa shape index (κ3) is 3.97. The number of rotatable bonds is 8. The highest BCUT2D eigenvalue weighted by atomic mass is 16.5. The highest BCUT2D eigenvalue weighted by Crippen LogP contribution is 2.45. The second kappa shape index (κ2) is 8.60. The molecule has 0 unspecified atom stereocenters. The number of ether oxygens (including phenoxy) is 2. The first-order valence-electron chi connectivity index (χ1n) is 8.16. The molecule has 2 rings (SSSR count). The molecule has 6 nitrogen and oxygen atoms in total. The van der Waals surface area contributed by atoms with Gasteiger partial charge in [-0.05, 0) is 30.0 Å². The van der Waals surface area contributed by atoms with Crippen molar-refractivity contribution in [2.45, 2.75) is 19.8 Å². The van der Waals surface area contributed by atoms with E-state index >= 15 is 0 Å². The standard InChI is InChI=1S/C19H24O6/c1-3-12-13(7-9-25-10-8-20)18(16(22)11-15(12)21)14-5-4-6-17(24-2)19(14)23/h4-6,11,20-23H,3,7-10H2,1-2H3. The summed E-state index contributed by atoms with van der Waals surface area (Å²) in [7, 11) is 1.45. The van der Waals surface area contributed by atoms with Gasteiger partial charge in [-0.2, -0.15) is 0 Å². The fraction of sp³-hybridized carbons (Fsp3) is 0.368. The van der Waals surface area contributed by atoms with Crippen LogP contribution in [-0.4, -0.2) is 47.4 Å². The van der Waals surface area contributed by atoms with Crippen molar-refractivity contribution in [2.24, 2.45) is 0 Å². The van der Waals surface area contributed by atoms with E-state index in [1.54, 1.807) is 18.2 Å². The number of para-hydroxylation sites is 1. The summed E-state index contributed by atoms with van der Waals surface area (Å²) < 4.78 is 10.5. The number of hydrogen-bond acceptors (Lipinski definition) is 6. The quantitative estimate of drug-likeness (QED) is 0.547. The third-order valence-electron chi connectivity index (χ3n) is 4.08. The second-order valence-corrected chi connectivity index (χ2v) is 5.54. The van der Waals surface area contributed by atoms with Crippen LogP contribution in [0.15, 0.2) is 24.3 Å². The third-order valence-corrected chi connectivity index (χ3v) is 4.08. The Labute approximate surface area is 146 Å². The number of aliphatic hydroxyl groups excluding tert-OH is 1. The molecule has 4 N–H and O–H groups in total. The lowest BCUT2D eigenvalue weighted by Crippen LogP contribution is -2.07. The highest BCUT2D eigenvalue weighted by molar-refractivity contribution is 5.82. The van der Waals surface area contributed by atoms with Gasteiger partial charge in [-0.25, -0.2) is 0 Å². The van der Waals surface area contributed by atoms with Gasteiger partial charge in [-0.1, -0.05) is 19.1 Å². The molecule has 6 heteroatoms. The summed E-state index contributed by atoms with van der Waals surface area (Å²) in [5.41, 5.74) is 2.24. The molecular weight excluding hydrogens is 324 g/mol. The maximum atomic E-state index is 10.5. The van der Waals surface area contributed by atoms with E-state index in [1.807, 2.05) is 6.92 Å². The molecule has 0 saturated carbocycles. The van der Waals surface area contributed by atoms with Crippen molar-refractivity contribution < 1.29 is 29.9 Å². The molecule has 0 aliphatic carbocycles. The molecule has 2 aromatic rings. The Morgan fingerprint density at radius 1 is 1.00 bits per heavy atom. The molecule has 0 saturated heterocycles. The number of aliphatic hydroxyl groups is 1. The molecule has 0 aromatic heterocycles. The Morgan fingerprint density at radius 3 is 2.40 bits per heavy atom. The van der Waals surface area contributed by atoms with Gasteiger partial charge in [0.25, 0.3) is 0 Å². The number of phenolic OH excluding ortho intramolecular Hbond substituents is 3. The number of benzene rings is 2. The molecule has 0 atom stereocenters. The largest absolute Gasteiger partial charge is 0.508 e. The predicted molar refractivity (Wildman–Crippen MR) is 94.4 cm³/mol. The van der Waals surface area contributed by atoms with Crippen molar-refractivity contribution in [1.29, 1.82) is 0 Å². The Balaban J connectivity index is 2.59. The van der Waals surface area contributed by atoms with Crippen LogP contribution < -0.4 is 4.74 Å². The zero-order valence-corrected chi connectivity index (χ0v) is 14.5. The summed E-state index contributed by atoms with van der Waals surface area (Å²) in [6, 6.07) is 6.31. The fourth-order valence-corrected chi connectivity index (χ4v) is 2.95. The molecule has 0 radical (unpaired) electrons. The van der Waals surface area contributed by atoms with Gasteiger partial charge < -0.3 is 29.9 Å². The Hall–Kier alpha value is -2.44. The molecule has 0 aliphatic heterocycles. The molecular formula is C19H24O6. The van der Waals surface area contributed by atoms with E-state index in [1.165, 1.54) is 13.2 Å². The van der Waals surface area contributed by atoms with Gasteiger partial charge >= 0.3 is 0 Å². The van der Waals surface area contributed by atoms with Gasteiger partial charge in [0.05, 0.1) is 26.9 Å². The zero-order chi connectivity index (χ0) is 18.4. The number of hydrogen-bond donors (Lipinski definition) is 4. The SMILES string of the molecule is CCc1c(O)cc(O)c(-c2cccc(OC)c2O)c1CCOCCO. The Kier molecular flexibility index (Phi) is 6.50. The van der Waals surface area contributed by atoms with E-state index in [2.05, 4.69) is 0 Å². The van der Waals surface area contributed by atoms with E-state index in [9.17, 15) is 15.3 Å². The maximum Gasteiger partial charge on any atom is 0.165 e.